The second-order valence-electron chi connectivity index (χ2n) is 7.84. The molecule has 6 nitrogen and oxygen atoms in total. The Labute approximate surface area is 199 Å². The number of benzene rings is 1. The van der Waals surface area contributed by atoms with Crippen LogP contribution in [0.15, 0.2) is 30.3 Å². The van der Waals surface area contributed by atoms with Gasteiger partial charge in [-0.3, -0.25) is 14.5 Å². The second-order valence-corrected chi connectivity index (χ2v) is 9.59. The first-order chi connectivity index (χ1) is 16.1. The number of aryl methyl sites for hydroxylation is 1. The topological polar surface area (TPSA) is 88.2 Å². The molecule has 0 radical (unpaired) electrons. The van der Waals surface area contributed by atoms with E-state index >= 15 is 0 Å². The Balaban J connectivity index is 2.27. The van der Waals surface area contributed by atoms with Gasteiger partial charge >= 0.3 is 0 Å². The van der Waals surface area contributed by atoms with Crippen molar-refractivity contribution >= 4 is 27.2 Å². The highest BCUT2D eigenvalue weighted by Crippen LogP contribution is 2.25. The van der Waals surface area contributed by atoms with Crippen LogP contribution in [0, 0.1) is 18.2 Å². The molecule has 0 saturated carbocycles. The number of anilines is 1. The van der Waals surface area contributed by atoms with Gasteiger partial charge in [-0.2, -0.15) is 0 Å². The molecule has 2 N–H and O–H groups in total. The molecule has 0 unspecified atom stereocenters. The molecule has 0 aliphatic heterocycles. The fourth-order valence-electron chi connectivity index (χ4n) is 3.46. The molecule has 0 spiro atoms. The summed E-state index contributed by atoms with van der Waals surface area (Å²) in [4.78, 5) is 17.1. The fraction of sp³-hybridized carbons (Fsp3) is 0.360. The summed E-state index contributed by atoms with van der Waals surface area (Å²) in [6.07, 6.45) is 10.7. The standard InChI is InChI=1S/C25H29F2N3O3S/c1-5-8-19(21-11-10-20(15-26)29-23(21)9-6-2)14-24(31)28-16-17-12-18(7-3)25(22(27)13-17)30-34(4,32)33/h3,10-14,30H,5-6,8-9,15-16H2,1-2,4H3,(H,28,31)/b19-14+. The van der Waals surface area contributed by atoms with Gasteiger partial charge in [0.1, 0.15) is 12.5 Å². The Hall–Kier alpha value is -3.25. The number of nitrogens with one attached hydrogen (secondary N) is 2. The summed E-state index contributed by atoms with van der Waals surface area (Å²) in [5.41, 5.74) is 2.80. The van der Waals surface area contributed by atoms with E-state index in [1.165, 1.54) is 12.1 Å². The minimum atomic E-state index is -3.72. The van der Waals surface area contributed by atoms with Gasteiger partial charge in [-0.25, -0.2) is 17.2 Å². The summed E-state index contributed by atoms with van der Waals surface area (Å²) >= 11 is 0. The molecule has 1 heterocycles. The van der Waals surface area contributed by atoms with E-state index in [0.29, 0.717) is 24.1 Å². The van der Waals surface area contributed by atoms with E-state index in [1.54, 1.807) is 12.1 Å². The molecule has 1 aromatic heterocycles. The first-order valence-corrected chi connectivity index (χ1v) is 12.8. The first-order valence-electron chi connectivity index (χ1n) is 10.9. The molecular formula is C25H29F2N3O3S. The van der Waals surface area contributed by atoms with Gasteiger partial charge < -0.3 is 5.32 Å². The van der Waals surface area contributed by atoms with Crippen LogP contribution >= 0.6 is 0 Å². The SMILES string of the molecule is C#Cc1cc(CNC(=O)/C=C(\CCC)c2ccc(CF)nc2CCC)cc(F)c1NS(C)(=O)=O. The van der Waals surface area contributed by atoms with E-state index in [1.807, 2.05) is 13.8 Å². The van der Waals surface area contributed by atoms with Crippen LogP contribution in [0.25, 0.3) is 5.57 Å². The van der Waals surface area contributed by atoms with Crippen molar-refractivity contribution in [3.63, 3.8) is 0 Å². The first kappa shape index (κ1) is 27.0. The Kier molecular flexibility index (Phi) is 9.75. The maximum atomic E-state index is 14.5. The third kappa shape index (κ3) is 7.66. The minimum Gasteiger partial charge on any atom is -0.348 e. The van der Waals surface area contributed by atoms with E-state index in [0.717, 1.165) is 42.0 Å². The zero-order valence-corrected chi connectivity index (χ0v) is 20.4. The van der Waals surface area contributed by atoms with Gasteiger partial charge in [-0.05, 0) is 47.7 Å². The van der Waals surface area contributed by atoms with Crippen molar-refractivity contribution < 1.29 is 22.0 Å². The van der Waals surface area contributed by atoms with Crippen molar-refractivity contribution in [1.29, 1.82) is 0 Å². The Morgan fingerprint density at radius 1 is 1.24 bits per heavy atom. The molecular weight excluding hydrogens is 460 g/mol. The van der Waals surface area contributed by atoms with E-state index in [2.05, 4.69) is 20.9 Å². The Bertz CT molecular complexity index is 1220. The van der Waals surface area contributed by atoms with Crippen LogP contribution in [-0.2, 0) is 34.5 Å². The number of pyridine rings is 1. The molecule has 1 amide bonds. The molecule has 182 valence electrons. The molecule has 34 heavy (non-hydrogen) atoms. The molecule has 0 bridgehead atoms. The number of rotatable bonds is 11. The molecule has 9 heteroatoms. The van der Waals surface area contributed by atoms with Crippen LogP contribution in [0.1, 0.15) is 61.2 Å². The summed E-state index contributed by atoms with van der Waals surface area (Å²) < 4.78 is 52.5. The summed E-state index contributed by atoms with van der Waals surface area (Å²) in [5, 5.41) is 2.71. The van der Waals surface area contributed by atoms with E-state index in [-0.39, 0.29) is 23.7 Å². The molecule has 0 aliphatic carbocycles. The maximum Gasteiger partial charge on any atom is 0.244 e. The third-order valence-corrected chi connectivity index (χ3v) is 5.46. The van der Waals surface area contributed by atoms with Gasteiger partial charge in [0, 0.05) is 18.3 Å². The summed E-state index contributed by atoms with van der Waals surface area (Å²) in [6, 6.07) is 5.96. The van der Waals surface area contributed by atoms with Crippen molar-refractivity contribution in [2.24, 2.45) is 0 Å². The van der Waals surface area contributed by atoms with Gasteiger partial charge in [-0.1, -0.05) is 38.7 Å². The minimum absolute atomic E-state index is 0.0135. The normalized spacial score (nSPS) is 11.7. The molecule has 0 saturated heterocycles. The predicted molar refractivity (Wildman–Crippen MR) is 131 cm³/mol. The van der Waals surface area contributed by atoms with Gasteiger partial charge in [0.05, 0.1) is 23.2 Å². The smallest absolute Gasteiger partial charge is 0.244 e. The number of hydrogen-bond donors (Lipinski definition) is 2. The number of nitrogens with zero attached hydrogens (tertiary/aromatic N) is 1. The fourth-order valence-corrected chi connectivity index (χ4v) is 4.04. The summed E-state index contributed by atoms with van der Waals surface area (Å²) in [5.74, 6) is 1.03. The highest BCUT2D eigenvalue weighted by atomic mass is 32.2. The lowest BCUT2D eigenvalue weighted by Crippen LogP contribution is -2.21. The highest BCUT2D eigenvalue weighted by Gasteiger charge is 2.15. The third-order valence-electron chi connectivity index (χ3n) is 4.89. The zero-order valence-electron chi connectivity index (χ0n) is 19.5. The molecule has 0 aliphatic rings. The van der Waals surface area contributed by atoms with Crippen molar-refractivity contribution in [3.05, 3.63) is 64.2 Å². The maximum absolute atomic E-state index is 14.5. The monoisotopic (exact) mass is 489 g/mol. The Morgan fingerprint density at radius 3 is 2.56 bits per heavy atom. The van der Waals surface area contributed by atoms with Crippen LogP contribution in [-0.4, -0.2) is 25.6 Å². The quantitative estimate of drug-likeness (QED) is 0.360. The Morgan fingerprint density at radius 2 is 1.97 bits per heavy atom. The number of sulfonamides is 1. The highest BCUT2D eigenvalue weighted by molar-refractivity contribution is 7.92. The lowest BCUT2D eigenvalue weighted by molar-refractivity contribution is -0.116. The van der Waals surface area contributed by atoms with Gasteiger partial charge in [0.25, 0.3) is 0 Å². The van der Waals surface area contributed by atoms with Crippen LogP contribution in [0.4, 0.5) is 14.5 Å². The average molecular weight is 490 g/mol. The van der Waals surface area contributed by atoms with Gasteiger partial charge in [0.2, 0.25) is 15.9 Å². The predicted octanol–water partition coefficient (Wildman–Crippen LogP) is 4.50. The lowest BCUT2D eigenvalue weighted by atomic mass is 9.97. The van der Waals surface area contributed by atoms with Crippen molar-refractivity contribution in [2.45, 2.75) is 52.8 Å². The molecule has 0 fully saturated rings. The number of hydrogen-bond acceptors (Lipinski definition) is 4. The number of terminal acetylenes is 1. The average Bonchev–Trinajstić information content (AvgIpc) is 2.78. The number of carbonyl (C=O) groups excluding carboxylic acids is 1. The van der Waals surface area contributed by atoms with Crippen LogP contribution in [0.2, 0.25) is 0 Å². The lowest BCUT2D eigenvalue weighted by Gasteiger charge is -2.14. The van der Waals surface area contributed by atoms with E-state index < -0.39 is 22.5 Å². The number of alkyl halides is 1. The van der Waals surface area contributed by atoms with Gasteiger partial charge in [0.15, 0.2) is 0 Å². The van der Waals surface area contributed by atoms with Crippen LogP contribution in [0.3, 0.4) is 0 Å². The second kappa shape index (κ2) is 12.3. The van der Waals surface area contributed by atoms with Crippen LogP contribution < -0.4 is 10.0 Å². The van der Waals surface area contributed by atoms with Gasteiger partial charge in [-0.15, -0.1) is 6.42 Å². The largest absolute Gasteiger partial charge is 0.348 e. The zero-order chi connectivity index (χ0) is 25.3. The molecule has 0 atom stereocenters. The van der Waals surface area contributed by atoms with Crippen molar-refractivity contribution in [3.8, 4) is 12.3 Å². The molecule has 1 aromatic carbocycles. The molecule has 2 rings (SSSR count). The van der Waals surface area contributed by atoms with Crippen LogP contribution in [0.5, 0.6) is 0 Å². The van der Waals surface area contributed by atoms with Crippen molar-refractivity contribution in [2.75, 3.05) is 11.0 Å². The molecule has 2 aromatic rings. The number of carbonyl (C=O) groups is 1. The number of amides is 1. The van der Waals surface area contributed by atoms with Crippen molar-refractivity contribution in [1.82, 2.24) is 10.3 Å². The summed E-state index contributed by atoms with van der Waals surface area (Å²) in [7, 11) is -3.72. The van der Waals surface area contributed by atoms with E-state index in [4.69, 9.17) is 6.42 Å². The summed E-state index contributed by atoms with van der Waals surface area (Å²) in [6.45, 7) is 3.33. The number of allylic oxidation sites excluding steroid dienone is 1. The number of aromatic nitrogens is 1. The van der Waals surface area contributed by atoms with E-state index in [9.17, 15) is 22.0 Å². The number of halogens is 2.